The van der Waals surface area contributed by atoms with Crippen LogP contribution in [0.25, 0.3) is 0 Å². The smallest absolute Gasteiger partial charge is 0.378 e. The van der Waals surface area contributed by atoms with Gasteiger partial charge in [0.2, 0.25) is 5.91 Å². The maximum absolute atomic E-state index is 12.6. The molecule has 1 amide bonds. The molecule has 8 heteroatoms. The van der Waals surface area contributed by atoms with Crippen molar-refractivity contribution in [1.29, 1.82) is 0 Å². The summed E-state index contributed by atoms with van der Waals surface area (Å²) >= 11 is 0. The van der Waals surface area contributed by atoms with Crippen LogP contribution < -0.4 is 0 Å². The summed E-state index contributed by atoms with van der Waals surface area (Å²) in [5.74, 6) is 0.111. The van der Waals surface area contributed by atoms with Gasteiger partial charge >= 0.3 is 6.18 Å². The van der Waals surface area contributed by atoms with Gasteiger partial charge in [0, 0.05) is 32.3 Å². The van der Waals surface area contributed by atoms with Gasteiger partial charge in [-0.1, -0.05) is 0 Å². The maximum Gasteiger partial charge on any atom is 0.435 e. The normalized spacial score (nSPS) is 23.0. The van der Waals surface area contributed by atoms with Crippen LogP contribution in [0.4, 0.5) is 13.2 Å². The van der Waals surface area contributed by atoms with Gasteiger partial charge in [0.1, 0.15) is 0 Å². The van der Waals surface area contributed by atoms with E-state index in [4.69, 9.17) is 4.74 Å². The second-order valence-corrected chi connectivity index (χ2v) is 6.46. The molecule has 0 N–H and O–H groups in total. The van der Waals surface area contributed by atoms with Crippen molar-refractivity contribution in [2.75, 3.05) is 19.7 Å². The first-order valence-corrected chi connectivity index (χ1v) is 8.45. The number of aromatic nitrogens is 2. The number of alkyl halides is 3. The van der Waals surface area contributed by atoms with Crippen molar-refractivity contribution in [3.8, 4) is 0 Å². The van der Waals surface area contributed by atoms with E-state index in [2.05, 4.69) is 5.10 Å². The summed E-state index contributed by atoms with van der Waals surface area (Å²) in [5, 5.41) is 3.64. The van der Waals surface area contributed by atoms with Crippen LogP contribution in [-0.4, -0.2) is 46.4 Å². The van der Waals surface area contributed by atoms with Crippen LogP contribution >= 0.6 is 0 Å². The second-order valence-electron chi connectivity index (χ2n) is 6.46. The zero-order valence-electron chi connectivity index (χ0n) is 13.5. The van der Waals surface area contributed by atoms with Crippen LogP contribution in [0.5, 0.6) is 0 Å². The molecule has 2 aliphatic rings. The second kappa shape index (κ2) is 7.13. The van der Waals surface area contributed by atoms with Gasteiger partial charge in [-0.25, -0.2) is 0 Å². The van der Waals surface area contributed by atoms with Crippen molar-refractivity contribution in [2.24, 2.45) is 0 Å². The molecule has 0 aromatic carbocycles. The Balaban J connectivity index is 1.46. The molecule has 1 aromatic rings. The van der Waals surface area contributed by atoms with E-state index >= 15 is 0 Å². The van der Waals surface area contributed by atoms with Crippen molar-refractivity contribution in [3.05, 3.63) is 18.0 Å². The highest BCUT2D eigenvalue weighted by Crippen LogP contribution is 2.29. The van der Waals surface area contributed by atoms with E-state index < -0.39 is 11.9 Å². The predicted molar refractivity (Wildman–Crippen MR) is 80.3 cm³/mol. The van der Waals surface area contributed by atoms with Crippen molar-refractivity contribution in [2.45, 2.75) is 56.8 Å². The Morgan fingerprint density at radius 2 is 2.04 bits per heavy atom. The molecule has 2 fully saturated rings. The number of amides is 1. The van der Waals surface area contributed by atoms with E-state index in [1.807, 2.05) is 0 Å². The number of hydrogen-bond donors (Lipinski definition) is 0. The first-order chi connectivity index (χ1) is 11.4. The molecule has 1 atom stereocenters. The predicted octanol–water partition coefficient (Wildman–Crippen LogP) is 3.02. The fourth-order valence-corrected chi connectivity index (χ4v) is 3.39. The molecule has 0 aliphatic carbocycles. The van der Waals surface area contributed by atoms with Crippen LogP contribution in [-0.2, 0) is 15.7 Å². The molecule has 0 radical (unpaired) electrons. The highest BCUT2D eigenvalue weighted by Gasteiger charge is 2.34. The van der Waals surface area contributed by atoms with Crippen LogP contribution in [0.1, 0.15) is 50.3 Å². The Bertz CT molecular complexity index is 559. The summed E-state index contributed by atoms with van der Waals surface area (Å²) in [6.45, 7) is 1.92. The Hall–Kier alpha value is -1.57. The van der Waals surface area contributed by atoms with Gasteiger partial charge in [-0.15, -0.1) is 0 Å². The molecule has 3 heterocycles. The minimum atomic E-state index is -4.41. The number of halogens is 3. The molecule has 134 valence electrons. The largest absolute Gasteiger partial charge is 0.435 e. The third-order valence-electron chi connectivity index (χ3n) is 4.79. The number of piperidine rings is 1. The van der Waals surface area contributed by atoms with E-state index in [0.29, 0.717) is 32.4 Å². The van der Waals surface area contributed by atoms with Gasteiger partial charge in [-0.3, -0.25) is 9.48 Å². The lowest BCUT2D eigenvalue weighted by Gasteiger charge is -2.32. The molecule has 3 rings (SSSR count). The SMILES string of the molecule is O=C(CCC1CCCO1)N1CCC(n2ccc(C(F)(F)F)n2)CC1. The Morgan fingerprint density at radius 1 is 1.29 bits per heavy atom. The standard InChI is InChI=1S/C16H22F3N3O2/c17-16(18,19)14-7-10-22(20-14)12-5-8-21(9-6-12)15(23)4-3-13-2-1-11-24-13/h7,10,12-13H,1-6,8-9,11H2. The summed E-state index contributed by atoms with van der Waals surface area (Å²) in [6, 6.07) is 0.919. The van der Waals surface area contributed by atoms with Crippen molar-refractivity contribution < 1.29 is 22.7 Å². The quantitative estimate of drug-likeness (QED) is 0.843. The van der Waals surface area contributed by atoms with Gasteiger partial charge in [-0.2, -0.15) is 18.3 Å². The van der Waals surface area contributed by atoms with Crippen LogP contribution in [0.15, 0.2) is 12.3 Å². The van der Waals surface area contributed by atoms with Gasteiger partial charge in [-0.05, 0) is 38.2 Å². The fraction of sp³-hybridized carbons (Fsp3) is 0.750. The number of ether oxygens (including phenoxy) is 1. The molecule has 2 saturated heterocycles. The van der Waals surface area contributed by atoms with Gasteiger partial charge in [0.05, 0.1) is 12.1 Å². The highest BCUT2D eigenvalue weighted by molar-refractivity contribution is 5.76. The lowest BCUT2D eigenvalue weighted by Crippen LogP contribution is -2.39. The van der Waals surface area contributed by atoms with E-state index in [1.54, 1.807) is 4.90 Å². The first-order valence-electron chi connectivity index (χ1n) is 8.45. The zero-order chi connectivity index (χ0) is 17.2. The minimum absolute atomic E-state index is 0.0803. The number of hydrogen-bond acceptors (Lipinski definition) is 3. The Morgan fingerprint density at radius 3 is 2.62 bits per heavy atom. The molecule has 0 bridgehead atoms. The van der Waals surface area contributed by atoms with Gasteiger partial charge in [0.15, 0.2) is 5.69 Å². The number of carbonyl (C=O) groups is 1. The van der Waals surface area contributed by atoms with Crippen molar-refractivity contribution in [1.82, 2.24) is 14.7 Å². The number of nitrogens with zero attached hydrogens (tertiary/aromatic N) is 3. The van der Waals surface area contributed by atoms with E-state index in [1.165, 1.54) is 10.9 Å². The number of rotatable bonds is 4. The molecule has 1 aromatic heterocycles. The average molecular weight is 345 g/mol. The third-order valence-corrected chi connectivity index (χ3v) is 4.79. The fourth-order valence-electron chi connectivity index (χ4n) is 3.39. The third kappa shape index (κ3) is 4.09. The van der Waals surface area contributed by atoms with Gasteiger partial charge < -0.3 is 9.64 Å². The molecule has 2 aliphatic heterocycles. The zero-order valence-corrected chi connectivity index (χ0v) is 13.5. The first kappa shape index (κ1) is 17.3. The number of likely N-dealkylation sites (tertiary alicyclic amines) is 1. The lowest BCUT2D eigenvalue weighted by molar-refractivity contribution is -0.141. The van der Waals surface area contributed by atoms with Crippen LogP contribution in [0.2, 0.25) is 0 Å². The van der Waals surface area contributed by atoms with Crippen LogP contribution in [0.3, 0.4) is 0 Å². The van der Waals surface area contributed by atoms with Crippen molar-refractivity contribution >= 4 is 5.91 Å². The van der Waals surface area contributed by atoms with Crippen LogP contribution in [0, 0.1) is 0 Å². The van der Waals surface area contributed by atoms with E-state index in [-0.39, 0.29) is 18.1 Å². The minimum Gasteiger partial charge on any atom is -0.378 e. The summed E-state index contributed by atoms with van der Waals surface area (Å²) in [6.07, 6.45) is 1.75. The molecular formula is C16H22F3N3O2. The summed E-state index contributed by atoms with van der Waals surface area (Å²) in [7, 11) is 0. The van der Waals surface area contributed by atoms with E-state index in [9.17, 15) is 18.0 Å². The monoisotopic (exact) mass is 345 g/mol. The lowest BCUT2D eigenvalue weighted by atomic mass is 10.0. The van der Waals surface area contributed by atoms with Crippen molar-refractivity contribution in [3.63, 3.8) is 0 Å². The Kier molecular flexibility index (Phi) is 5.12. The van der Waals surface area contributed by atoms with E-state index in [0.717, 1.165) is 31.9 Å². The molecule has 0 spiro atoms. The highest BCUT2D eigenvalue weighted by atomic mass is 19.4. The Labute approximate surface area is 138 Å². The summed E-state index contributed by atoms with van der Waals surface area (Å²) in [4.78, 5) is 14.0. The van der Waals surface area contributed by atoms with Gasteiger partial charge in [0.25, 0.3) is 0 Å². The molecular weight excluding hydrogens is 323 g/mol. The average Bonchev–Trinajstić information content (AvgIpc) is 3.23. The topological polar surface area (TPSA) is 47.4 Å². The summed E-state index contributed by atoms with van der Waals surface area (Å²) in [5.41, 5.74) is -0.863. The molecule has 5 nitrogen and oxygen atoms in total. The number of carbonyl (C=O) groups excluding carboxylic acids is 1. The molecule has 1 unspecified atom stereocenters. The molecule has 24 heavy (non-hydrogen) atoms. The molecule has 0 saturated carbocycles. The maximum atomic E-state index is 12.6. The summed E-state index contributed by atoms with van der Waals surface area (Å²) < 4.78 is 44.7.